The lowest BCUT2D eigenvalue weighted by molar-refractivity contribution is 0.415. The number of aromatic nitrogens is 2. The van der Waals surface area contributed by atoms with E-state index < -0.39 is 0 Å². The number of rotatable bonds is 4. The molecule has 1 aromatic heterocycles. The molecule has 0 fully saturated rings. The van der Waals surface area contributed by atoms with Crippen LogP contribution < -0.4 is 4.74 Å². The molecule has 0 saturated heterocycles. The minimum atomic E-state index is 0.345. The molecule has 3 rings (SSSR count). The first-order chi connectivity index (χ1) is 10.6. The summed E-state index contributed by atoms with van der Waals surface area (Å²) in [5.74, 6) is 2.25. The van der Waals surface area contributed by atoms with Gasteiger partial charge in [-0.2, -0.15) is 0 Å². The van der Waals surface area contributed by atoms with Gasteiger partial charge in [0.2, 0.25) is 0 Å². The highest BCUT2D eigenvalue weighted by molar-refractivity contribution is 6.30. The molecule has 0 aliphatic heterocycles. The zero-order valence-corrected chi connectivity index (χ0v) is 13.8. The fourth-order valence-electron chi connectivity index (χ4n) is 2.68. The molecule has 4 heteroatoms. The number of ether oxygens (including phenoxy) is 1. The lowest BCUT2D eigenvalue weighted by Crippen LogP contribution is -2.06. The summed E-state index contributed by atoms with van der Waals surface area (Å²) in [6.45, 7) is 5.08. The first-order valence-electron chi connectivity index (χ1n) is 7.37. The largest absolute Gasteiger partial charge is 0.497 e. The van der Waals surface area contributed by atoms with Crippen molar-refractivity contribution in [2.24, 2.45) is 0 Å². The number of hydrogen-bond donors (Lipinski definition) is 0. The summed E-state index contributed by atoms with van der Waals surface area (Å²) in [6.07, 6.45) is 0. The highest BCUT2D eigenvalue weighted by Gasteiger charge is 2.14. The van der Waals surface area contributed by atoms with Gasteiger partial charge in [-0.25, -0.2) is 4.98 Å². The van der Waals surface area contributed by atoms with Crippen LogP contribution in [0.25, 0.3) is 11.0 Å². The predicted octanol–water partition coefficient (Wildman–Crippen LogP) is 4.87. The van der Waals surface area contributed by atoms with E-state index in [1.807, 2.05) is 30.3 Å². The fraction of sp³-hybridized carbons (Fsp3) is 0.278. The molecule has 0 atom stereocenters. The molecule has 0 N–H and O–H groups in total. The van der Waals surface area contributed by atoms with Crippen LogP contribution in [0.5, 0.6) is 5.75 Å². The van der Waals surface area contributed by atoms with E-state index in [0.717, 1.165) is 34.2 Å². The molecule has 22 heavy (non-hydrogen) atoms. The Morgan fingerprint density at radius 3 is 2.68 bits per heavy atom. The number of hydrogen-bond acceptors (Lipinski definition) is 2. The van der Waals surface area contributed by atoms with Gasteiger partial charge >= 0.3 is 0 Å². The second kappa shape index (κ2) is 6.01. The standard InChI is InChI=1S/C18H19ClN2O/c1-12(2)18-20-16-10-15(22-3)7-8-17(16)21(18)11-13-5-4-6-14(19)9-13/h4-10,12H,11H2,1-3H3. The second-order valence-corrected chi connectivity index (χ2v) is 6.13. The first kappa shape index (κ1) is 14.9. The third-order valence-electron chi connectivity index (χ3n) is 3.73. The predicted molar refractivity (Wildman–Crippen MR) is 90.9 cm³/mol. The van der Waals surface area contributed by atoms with Crippen molar-refractivity contribution in [2.75, 3.05) is 7.11 Å². The molecular weight excluding hydrogens is 296 g/mol. The van der Waals surface area contributed by atoms with Crippen molar-refractivity contribution in [2.45, 2.75) is 26.3 Å². The topological polar surface area (TPSA) is 27.1 Å². The lowest BCUT2D eigenvalue weighted by atomic mass is 10.2. The number of methoxy groups -OCH3 is 1. The molecule has 0 spiro atoms. The molecular formula is C18H19ClN2O. The molecule has 2 aromatic carbocycles. The van der Waals surface area contributed by atoms with Gasteiger partial charge in [0.1, 0.15) is 11.6 Å². The molecule has 0 radical (unpaired) electrons. The Balaban J connectivity index is 2.11. The quantitative estimate of drug-likeness (QED) is 0.687. The van der Waals surface area contributed by atoms with E-state index in [1.165, 1.54) is 5.56 Å². The molecule has 1 heterocycles. The third-order valence-corrected chi connectivity index (χ3v) is 3.97. The van der Waals surface area contributed by atoms with Gasteiger partial charge in [0, 0.05) is 23.6 Å². The maximum Gasteiger partial charge on any atom is 0.121 e. The zero-order chi connectivity index (χ0) is 15.7. The zero-order valence-electron chi connectivity index (χ0n) is 13.0. The van der Waals surface area contributed by atoms with E-state index in [-0.39, 0.29) is 0 Å². The molecule has 114 valence electrons. The number of halogens is 1. The SMILES string of the molecule is COc1ccc2c(c1)nc(C(C)C)n2Cc1cccc(Cl)c1. The fourth-order valence-corrected chi connectivity index (χ4v) is 2.89. The van der Waals surface area contributed by atoms with E-state index in [1.54, 1.807) is 7.11 Å². The number of fused-ring (bicyclic) bond motifs is 1. The van der Waals surface area contributed by atoms with Gasteiger partial charge in [0.05, 0.1) is 18.1 Å². The summed E-state index contributed by atoms with van der Waals surface area (Å²) < 4.78 is 7.55. The summed E-state index contributed by atoms with van der Waals surface area (Å²) in [5, 5.41) is 0.759. The van der Waals surface area contributed by atoms with Crippen LogP contribution in [-0.4, -0.2) is 16.7 Å². The van der Waals surface area contributed by atoms with Gasteiger partial charge in [0.15, 0.2) is 0 Å². The van der Waals surface area contributed by atoms with Crippen molar-refractivity contribution in [3.63, 3.8) is 0 Å². The van der Waals surface area contributed by atoms with Crippen LogP contribution in [0.2, 0.25) is 5.02 Å². The summed E-state index contributed by atoms with van der Waals surface area (Å²) in [5.41, 5.74) is 3.25. The maximum atomic E-state index is 6.10. The third kappa shape index (κ3) is 2.81. The lowest BCUT2D eigenvalue weighted by Gasteiger charge is -2.12. The van der Waals surface area contributed by atoms with Crippen LogP contribution in [0.1, 0.15) is 31.2 Å². The Labute approximate surface area is 135 Å². The van der Waals surface area contributed by atoms with Crippen LogP contribution >= 0.6 is 11.6 Å². The van der Waals surface area contributed by atoms with E-state index in [0.29, 0.717) is 5.92 Å². The smallest absolute Gasteiger partial charge is 0.121 e. The summed E-state index contributed by atoms with van der Waals surface area (Å²) >= 11 is 6.10. The molecule has 3 nitrogen and oxygen atoms in total. The molecule has 0 bridgehead atoms. The Kier molecular flexibility index (Phi) is 4.08. The van der Waals surface area contributed by atoms with Crippen LogP contribution in [0.15, 0.2) is 42.5 Å². The molecule has 0 saturated carbocycles. The molecule has 0 aliphatic carbocycles. The normalized spacial score (nSPS) is 11.3. The number of nitrogens with zero attached hydrogens (tertiary/aromatic N) is 2. The van der Waals surface area contributed by atoms with Gasteiger partial charge in [-0.3, -0.25) is 0 Å². The van der Waals surface area contributed by atoms with Crippen molar-refractivity contribution in [1.82, 2.24) is 9.55 Å². The van der Waals surface area contributed by atoms with Gasteiger partial charge in [-0.15, -0.1) is 0 Å². The Bertz CT molecular complexity index is 808. The van der Waals surface area contributed by atoms with E-state index in [9.17, 15) is 0 Å². The summed E-state index contributed by atoms with van der Waals surface area (Å²) in [7, 11) is 1.67. The van der Waals surface area contributed by atoms with Crippen molar-refractivity contribution >= 4 is 22.6 Å². The maximum absolute atomic E-state index is 6.10. The molecule has 0 aliphatic rings. The van der Waals surface area contributed by atoms with Gasteiger partial charge < -0.3 is 9.30 Å². The summed E-state index contributed by atoms with van der Waals surface area (Å²) in [6, 6.07) is 14.0. The highest BCUT2D eigenvalue weighted by Crippen LogP contribution is 2.26. The van der Waals surface area contributed by atoms with Crippen LogP contribution in [0, 0.1) is 0 Å². The Morgan fingerprint density at radius 1 is 1.18 bits per heavy atom. The Hall–Kier alpha value is -2.00. The number of benzene rings is 2. The molecule has 0 amide bonds. The van der Waals surface area contributed by atoms with Crippen molar-refractivity contribution < 1.29 is 4.74 Å². The number of imidazole rings is 1. The van der Waals surface area contributed by atoms with Crippen LogP contribution in [-0.2, 0) is 6.54 Å². The van der Waals surface area contributed by atoms with E-state index in [4.69, 9.17) is 21.3 Å². The van der Waals surface area contributed by atoms with Crippen molar-refractivity contribution in [1.29, 1.82) is 0 Å². The van der Waals surface area contributed by atoms with E-state index >= 15 is 0 Å². The molecule has 3 aromatic rings. The highest BCUT2D eigenvalue weighted by atomic mass is 35.5. The monoisotopic (exact) mass is 314 g/mol. The van der Waals surface area contributed by atoms with Crippen LogP contribution in [0.3, 0.4) is 0 Å². The second-order valence-electron chi connectivity index (χ2n) is 5.70. The molecule has 0 unspecified atom stereocenters. The van der Waals surface area contributed by atoms with Crippen LogP contribution in [0.4, 0.5) is 0 Å². The van der Waals surface area contributed by atoms with Crippen molar-refractivity contribution in [3.05, 3.63) is 58.9 Å². The van der Waals surface area contributed by atoms with E-state index in [2.05, 4.69) is 30.5 Å². The minimum absolute atomic E-state index is 0.345. The summed E-state index contributed by atoms with van der Waals surface area (Å²) in [4.78, 5) is 4.79. The van der Waals surface area contributed by atoms with Crippen molar-refractivity contribution in [3.8, 4) is 5.75 Å². The first-order valence-corrected chi connectivity index (χ1v) is 7.75. The van der Waals surface area contributed by atoms with Gasteiger partial charge in [-0.05, 0) is 29.8 Å². The van der Waals surface area contributed by atoms with Gasteiger partial charge in [-0.1, -0.05) is 37.6 Å². The average molecular weight is 315 g/mol. The minimum Gasteiger partial charge on any atom is -0.497 e. The Morgan fingerprint density at radius 2 is 2.00 bits per heavy atom. The average Bonchev–Trinajstić information content (AvgIpc) is 2.85. The van der Waals surface area contributed by atoms with Gasteiger partial charge in [0.25, 0.3) is 0 Å².